The molecule has 0 aromatic rings. The van der Waals surface area contributed by atoms with Gasteiger partial charge in [-0.3, -0.25) is 10.0 Å². The van der Waals surface area contributed by atoms with Crippen LogP contribution >= 0.6 is 0 Å². The van der Waals surface area contributed by atoms with Crippen LogP contribution in [0.5, 0.6) is 0 Å². The molecule has 0 aliphatic carbocycles. The Morgan fingerprint density at radius 3 is 2.45 bits per heavy atom. The Morgan fingerprint density at radius 1 is 1.36 bits per heavy atom. The number of hydrogen-bond acceptors (Lipinski definition) is 5. The molecule has 1 saturated heterocycles. The van der Waals surface area contributed by atoms with Crippen molar-refractivity contribution in [1.29, 1.82) is 0 Å². The molecule has 0 spiro atoms. The molecule has 22 heavy (non-hydrogen) atoms. The van der Waals surface area contributed by atoms with E-state index in [4.69, 9.17) is 5.21 Å². The van der Waals surface area contributed by atoms with Gasteiger partial charge in [-0.05, 0) is 58.7 Å². The largest absolute Gasteiger partial charge is 0.357 e. The SMILES string of the molecule is C/C=C(\C=N/C(=C(C)C)N1CCC(CNC)CC1)C(=O)NO. The lowest BCUT2D eigenvalue weighted by molar-refractivity contribution is -0.124. The lowest BCUT2D eigenvalue weighted by atomic mass is 9.97. The zero-order valence-corrected chi connectivity index (χ0v) is 14.0. The molecular formula is C16H28N4O2. The van der Waals surface area contributed by atoms with Crippen molar-refractivity contribution in [2.45, 2.75) is 33.6 Å². The Hall–Kier alpha value is -1.66. The number of amides is 1. The van der Waals surface area contributed by atoms with E-state index in [1.54, 1.807) is 18.5 Å². The molecule has 1 aliphatic heterocycles. The third kappa shape index (κ3) is 5.27. The summed E-state index contributed by atoms with van der Waals surface area (Å²) >= 11 is 0. The number of carbonyl (C=O) groups is 1. The number of nitrogens with zero attached hydrogens (tertiary/aromatic N) is 2. The van der Waals surface area contributed by atoms with Gasteiger partial charge in [0.1, 0.15) is 5.82 Å². The van der Waals surface area contributed by atoms with E-state index in [1.165, 1.54) is 6.21 Å². The summed E-state index contributed by atoms with van der Waals surface area (Å²) < 4.78 is 0. The van der Waals surface area contributed by atoms with Gasteiger partial charge in [-0.15, -0.1) is 0 Å². The van der Waals surface area contributed by atoms with E-state index in [-0.39, 0.29) is 0 Å². The minimum Gasteiger partial charge on any atom is -0.357 e. The molecule has 0 saturated carbocycles. The molecule has 6 nitrogen and oxygen atoms in total. The topological polar surface area (TPSA) is 77.0 Å². The fourth-order valence-electron chi connectivity index (χ4n) is 2.62. The summed E-state index contributed by atoms with van der Waals surface area (Å²) in [5, 5.41) is 11.9. The second kappa shape index (κ2) is 9.38. The molecule has 0 unspecified atom stereocenters. The number of aliphatic imine (C=N–C) groups is 1. The highest BCUT2D eigenvalue weighted by atomic mass is 16.5. The van der Waals surface area contributed by atoms with Crippen molar-refractivity contribution in [2.24, 2.45) is 10.9 Å². The van der Waals surface area contributed by atoms with Crippen LogP contribution < -0.4 is 10.8 Å². The lowest BCUT2D eigenvalue weighted by Crippen LogP contribution is -2.36. The van der Waals surface area contributed by atoms with Gasteiger partial charge in [0.05, 0.1) is 5.57 Å². The monoisotopic (exact) mass is 308 g/mol. The molecule has 0 aromatic carbocycles. The molecule has 1 fully saturated rings. The fourth-order valence-corrected chi connectivity index (χ4v) is 2.62. The smallest absolute Gasteiger partial charge is 0.275 e. The van der Waals surface area contributed by atoms with E-state index >= 15 is 0 Å². The van der Waals surface area contributed by atoms with E-state index in [0.717, 1.165) is 49.8 Å². The quantitative estimate of drug-likeness (QED) is 0.302. The number of carbonyl (C=O) groups excluding carboxylic acids is 1. The second-order valence-electron chi connectivity index (χ2n) is 5.75. The maximum atomic E-state index is 11.5. The number of hydrogen-bond donors (Lipinski definition) is 3. The molecular weight excluding hydrogens is 280 g/mol. The lowest BCUT2D eigenvalue weighted by Gasteiger charge is -2.34. The first-order valence-electron chi connectivity index (χ1n) is 7.75. The molecule has 1 amide bonds. The number of piperidine rings is 1. The highest BCUT2D eigenvalue weighted by Gasteiger charge is 2.20. The van der Waals surface area contributed by atoms with Crippen LogP contribution in [0.2, 0.25) is 0 Å². The third-order valence-corrected chi connectivity index (χ3v) is 3.85. The van der Waals surface area contributed by atoms with Crippen LogP contribution in [0.3, 0.4) is 0 Å². The summed E-state index contributed by atoms with van der Waals surface area (Å²) in [6, 6.07) is 0. The average molecular weight is 308 g/mol. The standard InChI is InChI=1S/C16H28N4O2/c1-5-14(16(21)19-22)11-18-15(12(2)3)20-8-6-13(7-9-20)10-17-4/h5,11,13,17,22H,6-10H2,1-4H3,(H,19,21)/b14-5+,18-11-. The highest BCUT2D eigenvalue weighted by Crippen LogP contribution is 2.22. The van der Waals surface area contributed by atoms with Gasteiger partial charge in [-0.2, -0.15) is 0 Å². The van der Waals surface area contributed by atoms with Crippen LogP contribution in [0, 0.1) is 5.92 Å². The summed E-state index contributed by atoms with van der Waals surface area (Å²) in [6.45, 7) is 8.79. The number of likely N-dealkylation sites (tertiary alicyclic amines) is 1. The van der Waals surface area contributed by atoms with Gasteiger partial charge in [-0.25, -0.2) is 10.5 Å². The Balaban J connectivity index is 2.76. The first-order valence-corrected chi connectivity index (χ1v) is 7.75. The van der Waals surface area contributed by atoms with Gasteiger partial charge in [0.15, 0.2) is 0 Å². The van der Waals surface area contributed by atoms with Crippen LogP contribution in [0.4, 0.5) is 0 Å². The van der Waals surface area contributed by atoms with Crippen LogP contribution in [-0.4, -0.2) is 48.9 Å². The number of allylic oxidation sites excluding steroid dienone is 2. The maximum Gasteiger partial charge on any atom is 0.275 e. The molecule has 124 valence electrons. The zero-order valence-electron chi connectivity index (χ0n) is 14.0. The van der Waals surface area contributed by atoms with Gasteiger partial charge >= 0.3 is 0 Å². The van der Waals surface area contributed by atoms with Crippen LogP contribution in [-0.2, 0) is 4.79 Å². The Morgan fingerprint density at radius 2 is 2.00 bits per heavy atom. The van der Waals surface area contributed by atoms with E-state index in [2.05, 4.69) is 15.2 Å². The number of rotatable bonds is 6. The minimum absolute atomic E-state index is 0.339. The maximum absolute atomic E-state index is 11.5. The summed E-state index contributed by atoms with van der Waals surface area (Å²) in [5.41, 5.74) is 3.09. The number of nitrogens with one attached hydrogen (secondary N) is 2. The van der Waals surface area contributed by atoms with Crippen LogP contribution in [0.1, 0.15) is 33.6 Å². The minimum atomic E-state index is -0.549. The van der Waals surface area contributed by atoms with E-state index in [0.29, 0.717) is 5.57 Å². The first kappa shape index (κ1) is 18.4. The van der Waals surface area contributed by atoms with Crippen molar-refractivity contribution >= 4 is 12.1 Å². The second-order valence-corrected chi connectivity index (χ2v) is 5.75. The van der Waals surface area contributed by atoms with E-state index < -0.39 is 5.91 Å². The Kier molecular flexibility index (Phi) is 7.84. The summed E-state index contributed by atoms with van der Waals surface area (Å²) in [6.07, 6.45) is 5.41. The van der Waals surface area contributed by atoms with Crippen molar-refractivity contribution in [3.63, 3.8) is 0 Å². The van der Waals surface area contributed by atoms with Crippen LogP contribution in [0.25, 0.3) is 0 Å². The first-order chi connectivity index (χ1) is 10.5. The fraction of sp³-hybridized carbons (Fsp3) is 0.625. The predicted octanol–water partition coefficient (Wildman–Crippen LogP) is 1.69. The van der Waals surface area contributed by atoms with Gasteiger partial charge in [-0.1, -0.05) is 6.08 Å². The molecule has 1 rings (SSSR count). The van der Waals surface area contributed by atoms with Crippen molar-refractivity contribution in [3.8, 4) is 0 Å². The highest BCUT2D eigenvalue weighted by molar-refractivity contribution is 6.11. The summed E-state index contributed by atoms with van der Waals surface area (Å²) in [5.74, 6) is 1.08. The van der Waals surface area contributed by atoms with Crippen molar-refractivity contribution in [3.05, 3.63) is 23.0 Å². The molecule has 0 atom stereocenters. The molecule has 1 heterocycles. The van der Waals surface area contributed by atoms with Gasteiger partial charge in [0.25, 0.3) is 5.91 Å². The molecule has 0 aromatic heterocycles. The van der Waals surface area contributed by atoms with Crippen molar-refractivity contribution < 1.29 is 10.0 Å². The molecule has 1 aliphatic rings. The molecule has 0 bridgehead atoms. The summed E-state index contributed by atoms with van der Waals surface area (Å²) in [7, 11) is 1.99. The van der Waals surface area contributed by atoms with E-state index in [1.807, 2.05) is 20.9 Å². The predicted molar refractivity (Wildman–Crippen MR) is 88.8 cm³/mol. The normalized spacial score (nSPS) is 17.0. The molecule has 6 heteroatoms. The van der Waals surface area contributed by atoms with Crippen molar-refractivity contribution in [2.75, 3.05) is 26.7 Å². The van der Waals surface area contributed by atoms with Gasteiger partial charge in [0, 0.05) is 19.3 Å². The average Bonchev–Trinajstić information content (AvgIpc) is 2.52. The number of hydroxylamine groups is 1. The Bertz CT molecular complexity index is 457. The molecule has 0 radical (unpaired) electrons. The molecule has 3 N–H and O–H groups in total. The zero-order chi connectivity index (χ0) is 16.5. The van der Waals surface area contributed by atoms with E-state index in [9.17, 15) is 4.79 Å². The Labute approximate surface area is 132 Å². The van der Waals surface area contributed by atoms with Crippen molar-refractivity contribution in [1.82, 2.24) is 15.7 Å². The van der Waals surface area contributed by atoms with Crippen LogP contribution in [0.15, 0.2) is 28.0 Å². The van der Waals surface area contributed by atoms with Gasteiger partial charge in [0.2, 0.25) is 0 Å². The third-order valence-electron chi connectivity index (χ3n) is 3.85. The van der Waals surface area contributed by atoms with Gasteiger partial charge < -0.3 is 10.2 Å². The summed E-state index contributed by atoms with van der Waals surface area (Å²) in [4.78, 5) is 18.2.